The zero-order chi connectivity index (χ0) is 16.1. The predicted octanol–water partition coefficient (Wildman–Crippen LogP) is 2.60. The van der Waals surface area contributed by atoms with E-state index in [1.165, 1.54) is 4.88 Å². The monoisotopic (exact) mass is 328 g/mol. The van der Waals surface area contributed by atoms with Gasteiger partial charge in [0.15, 0.2) is 0 Å². The summed E-state index contributed by atoms with van der Waals surface area (Å²) in [6, 6.07) is 13.6. The summed E-state index contributed by atoms with van der Waals surface area (Å²) in [5.74, 6) is 0.0237. The number of amides is 2. The largest absolute Gasteiger partial charge is 0.354 e. The quantitative estimate of drug-likeness (QED) is 0.886. The summed E-state index contributed by atoms with van der Waals surface area (Å²) in [7, 11) is 0. The van der Waals surface area contributed by atoms with Crippen molar-refractivity contribution in [3.63, 3.8) is 0 Å². The molecule has 1 atom stereocenters. The molecule has 1 aliphatic rings. The van der Waals surface area contributed by atoms with Gasteiger partial charge in [-0.1, -0.05) is 36.4 Å². The first kappa shape index (κ1) is 15.7. The van der Waals surface area contributed by atoms with Crippen LogP contribution in [-0.4, -0.2) is 29.3 Å². The molecule has 2 amide bonds. The van der Waals surface area contributed by atoms with Crippen molar-refractivity contribution in [3.8, 4) is 0 Å². The van der Waals surface area contributed by atoms with Crippen LogP contribution in [0, 0.1) is 0 Å². The van der Waals surface area contributed by atoms with E-state index in [-0.39, 0.29) is 17.9 Å². The summed E-state index contributed by atoms with van der Waals surface area (Å²) in [4.78, 5) is 27.5. The van der Waals surface area contributed by atoms with E-state index < -0.39 is 0 Å². The molecule has 0 aliphatic carbocycles. The van der Waals surface area contributed by atoms with E-state index >= 15 is 0 Å². The molecule has 23 heavy (non-hydrogen) atoms. The highest BCUT2D eigenvalue weighted by Gasteiger charge is 2.35. The van der Waals surface area contributed by atoms with Gasteiger partial charge in [-0.2, -0.15) is 0 Å². The topological polar surface area (TPSA) is 49.4 Å². The van der Waals surface area contributed by atoms with Gasteiger partial charge < -0.3 is 10.2 Å². The summed E-state index contributed by atoms with van der Waals surface area (Å²) in [5, 5.41) is 5.01. The molecular formula is C18H20N2O2S. The molecule has 1 unspecified atom stereocenters. The number of likely N-dealkylation sites (tertiary alicyclic amines) is 1. The van der Waals surface area contributed by atoms with Gasteiger partial charge in [-0.3, -0.25) is 9.59 Å². The minimum atomic E-state index is -0.342. The molecule has 120 valence electrons. The van der Waals surface area contributed by atoms with Gasteiger partial charge >= 0.3 is 0 Å². The van der Waals surface area contributed by atoms with Gasteiger partial charge in [0.2, 0.25) is 11.8 Å². The summed E-state index contributed by atoms with van der Waals surface area (Å²) < 4.78 is 0. The first-order valence-corrected chi connectivity index (χ1v) is 8.75. The number of thiophene rings is 1. The molecule has 1 aromatic heterocycles. The van der Waals surface area contributed by atoms with Gasteiger partial charge in [0.1, 0.15) is 6.04 Å². The zero-order valence-corrected chi connectivity index (χ0v) is 13.7. The van der Waals surface area contributed by atoms with Crippen LogP contribution in [0.4, 0.5) is 0 Å². The average molecular weight is 328 g/mol. The van der Waals surface area contributed by atoms with Gasteiger partial charge in [0.05, 0.1) is 0 Å². The fourth-order valence-corrected chi connectivity index (χ4v) is 3.58. The molecule has 2 aromatic rings. The van der Waals surface area contributed by atoms with Crippen molar-refractivity contribution in [2.45, 2.75) is 31.8 Å². The number of carbonyl (C=O) groups is 2. The number of hydrogen-bond acceptors (Lipinski definition) is 3. The van der Waals surface area contributed by atoms with Crippen molar-refractivity contribution in [1.29, 1.82) is 0 Å². The normalized spacial score (nSPS) is 17.5. The number of rotatable bonds is 6. The van der Waals surface area contributed by atoms with Crippen LogP contribution in [0.1, 0.15) is 23.3 Å². The van der Waals surface area contributed by atoms with Crippen molar-refractivity contribution in [3.05, 3.63) is 58.3 Å². The molecule has 0 saturated carbocycles. The number of nitrogens with one attached hydrogen (secondary N) is 1. The van der Waals surface area contributed by atoms with Crippen LogP contribution in [0.5, 0.6) is 0 Å². The SMILES string of the molecule is O=C(NCCc1cccs1)C1CCC(=O)N1Cc1ccccc1. The Kier molecular flexibility index (Phi) is 5.08. The van der Waals surface area contributed by atoms with Gasteiger partial charge in [0, 0.05) is 24.4 Å². The molecule has 1 N–H and O–H groups in total. The zero-order valence-electron chi connectivity index (χ0n) is 12.9. The third-order valence-corrected chi connectivity index (χ3v) is 5.01. The van der Waals surface area contributed by atoms with Crippen LogP contribution in [-0.2, 0) is 22.6 Å². The molecule has 2 heterocycles. The fraction of sp³-hybridized carbons (Fsp3) is 0.333. The highest BCUT2D eigenvalue weighted by molar-refractivity contribution is 7.09. The second kappa shape index (κ2) is 7.42. The minimum absolute atomic E-state index is 0.0386. The molecular weight excluding hydrogens is 308 g/mol. The van der Waals surface area contributed by atoms with Crippen LogP contribution < -0.4 is 5.32 Å². The number of hydrogen-bond donors (Lipinski definition) is 1. The maximum atomic E-state index is 12.4. The van der Waals surface area contributed by atoms with Crippen LogP contribution in [0.25, 0.3) is 0 Å². The summed E-state index contributed by atoms with van der Waals surface area (Å²) >= 11 is 1.69. The van der Waals surface area contributed by atoms with Crippen LogP contribution >= 0.6 is 11.3 Å². The maximum absolute atomic E-state index is 12.4. The Hall–Kier alpha value is -2.14. The standard InChI is InChI=1S/C18H20N2O2S/c21-17-9-8-16(20(17)13-14-5-2-1-3-6-14)18(22)19-11-10-15-7-4-12-23-15/h1-7,12,16H,8-11,13H2,(H,19,22). The minimum Gasteiger partial charge on any atom is -0.354 e. The predicted molar refractivity (Wildman–Crippen MR) is 91.0 cm³/mol. The molecule has 1 aromatic carbocycles. The number of carbonyl (C=O) groups excluding carboxylic acids is 2. The van der Waals surface area contributed by atoms with Crippen LogP contribution in [0.15, 0.2) is 47.8 Å². The van der Waals surface area contributed by atoms with E-state index in [1.54, 1.807) is 16.2 Å². The lowest BCUT2D eigenvalue weighted by Gasteiger charge is -2.24. The van der Waals surface area contributed by atoms with Gasteiger partial charge in [-0.05, 0) is 29.9 Å². The van der Waals surface area contributed by atoms with Crippen molar-refractivity contribution in [2.24, 2.45) is 0 Å². The van der Waals surface area contributed by atoms with Crippen molar-refractivity contribution >= 4 is 23.2 Å². The Balaban J connectivity index is 1.56. The van der Waals surface area contributed by atoms with Gasteiger partial charge in [-0.15, -0.1) is 11.3 Å². The van der Waals surface area contributed by atoms with Crippen molar-refractivity contribution < 1.29 is 9.59 Å². The molecule has 3 rings (SSSR count). The fourth-order valence-electron chi connectivity index (χ4n) is 2.87. The van der Waals surface area contributed by atoms with E-state index in [4.69, 9.17) is 0 Å². The lowest BCUT2D eigenvalue weighted by Crippen LogP contribution is -2.44. The molecule has 5 heteroatoms. The molecule has 1 aliphatic heterocycles. The molecule has 1 saturated heterocycles. The molecule has 0 spiro atoms. The first-order chi connectivity index (χ1) is 11.2. The summed E-state index contributed by atoms with van der Waals surface area (Å²) in [6.45, 7) is 1.12. The second-order valence-corrected chi connectivity index (χ2v) is 6.71. The lowest BCUT2D eigenvalue weighted by molar-refractivity contribution is -0.135. The summed E-state index contributed by atoms with van der Waals surface area (Å²) in [6.07, 6.45) is 1.90. The van der Waals surface area contributed by atoms with E-state index in [0.717, 1.165) is 12.0 Å². The van der Waals surface area contributed by atoms with Crippen LogP contribution in [0.2, 0.25) is 0 Å². The first-order valence-electron chi connectivity index (χ1n) is 7.87. The smallest absolute Gasteiger partial charge is 0.242 e. The Morgan fingerprint density at radius 3 is 2.78 bits per heavy atom. The Morgan fingerprint density at radius 2 is 2.04 bits per heavy atom. The highest BCUT2D eigenvalue weighted by Crippen LogP contribution is 2.21. The highest BCUT2D eigenvalue weighted by atomic mass is 32.1. The van der Waals surface area contributed by atoms with E-state index in [1.807, 2.05) is 41.8 Å². The van der Waals surface area contributed by atoms with Crippen LogP contribution in [0.3, 0.4) is 0 Å². The number of benzene rings is 1. The molecule has 4 nitrogen and oxygen atoms in total. The van der Waals surface area contributed by atoms with E-state index in [0.29, 0.717) is 25.9 Å². The third-order valence-electron chi connectivity index (χ3n) is 4.08. The second-order valence-electron chi connectivity index (χ2n) is 5.68. The summed E-state index contributed by atoms with van der Waals surface area (Å²) in [5.41, 5.74) is 1.05. The van der Waals surface area contributed by atoms with Gasteiger partial charge in [-0.25, -0.2) is 0 Å². The Labute approximate surface area is 140 Å². The Morgan fingerprint density at radius 1 is 1.22 bits per heavy atom. The average Bonchev–Trinajstić information content (AvgIpc) is 3.19. The Bertz CT molecular complexity index is 655. The maximum Gasteiger partial charge on any atom is 0.242 e. The molecule has 0 bridgehead atoms. The number of nitrogens with zero attached hydrogens (tertiary/aromatic N) is 1. The van der Waals surface area contributed by atoms with E-state index in [9.17, 15) is 9.59 Å². The third kappa shape index (κ3) is 3.99. The van der Waals surface area contributed by atoms with Gasteiger partial charge in [0.25, 0.3) is 0 Å². The van der Waals surface area contributed by atoms with E-state index in [2.05, 4.69) is 11.4 Å². The van der Waals surface area contributed by atoms with Crippen molar-refractivity contribution in [1.82, 2.24) is 10.2 Å². The van der Waals surface area contributed by atoms with Crippen molar-refractivity contribution in [2.75, 3.05) is 6.54 Å². The molecule has 0 radical (unpaired) electrons. The lowest BCUT2D eigenvalue weighted by atomic mass is 10.1. The molecule has 1 fully saturated rings.